The maximum absolute atomic E-state index is 13.3. The van der Waals surface area contributed by atoms with Crippen LogP contribution in [0.4, 0.5) is 0 Å². The first-order chi connectivity index (χ1) is 14.8. The van der Waals surface area contributed by atoms with Crippen molar-refractivity contribution in [1.82, 2.24) is 9.97 Å². The van der Waals surface area contributed by atoms with Crippen molar-refractivity contribution in [3.63, 3.8) is 0 Å². The second-order valence-electron chi connectivity index (χ2n) is 11.9. The number of fused-ring (bicyclic) bond motifs is 5. The summed E-state index contributed by atoms with van der Waals surface area (Å²) in [6, 6.07) is 0. The van der Waals surface area contributed by atoms with Gasteiger partial charge in [0, 0.05) is 25.4 Å². The third kappa shape index (κ3) is 3.42. The van der Waals surface area contributed by atoms with Gasteiger partial charge in [0.15, 0.2) is 0 Å². The number of aromatic amines is 1. The molecule has 1 heterocycles. The molecular weight excluding hydrogens is 388 g/mol. The number of carbonyl (C=O) groups excluding carboxylic acids is 1. The van der Waals surface area contributed by atoms with Gasteiger partial charge < -0.3 is 14.8 Å². The number of aromatic nitrogens is 2. The summed E-state index contributed by atoms with van der Waals surface area (Å²) >= 11 is 0. The highest BCUT2D eigenvalue weighted by molar-refractivity contribution is 5.83. The highest BCUT2D eigenvalue weighted by Crippen LogP contribution is 2.68. The SMILES string of the molecule is COC[C@@]1(O)CC[C@@]2(C)[C@@H](CC[C@@H]3[C@@H]2CC[C@]2(C)[C@@H](C(=O)Cc4ncc[nH]4)CC[C@@H]32)C1. The Bertz CT molecular complexity index is 810. The van der Waals surface area contributed by atoms with Gasteiger partial charge >= 0.3 is 0 Å². The van der Waals surface area contributed by atoms with Gasteiger partial charge in [0.05, 0.1) is 18.6 Å². The van der Waals surface area contributed by atoms with Crippen molar-refractivity contribution in [1.29, 1.82) is 0 Å². The van der Waals surface area contributed by atoms with Gasteiger partial charge in [-0.2, -0.15) is 0 Å². The maximum Gasteiger partial charge on any atom is 0.144 e. The van der Waals surface area contributed by atoms with E-state index in [9.17, 15) is 9.90 Å². The number of ether oxygens (including phenoxy) is 1. The lowest BCUT2D eigenvalue weighted by atomic mass is 9.44. The van der Waals surface area contributed by atoms with Crippen LogP contribution in [-0.4, -0.2) is 40.2 Å². The molecule has 5 rings (SSSR count). The van der Waals surface area contributed by atoms with Crippen LogP contribution in [0.1, 0.15) is 77.5 Å². The van der Waals surface area contributed by atoms with E-state index in [2.05, 4.69) is 23.8 Å². The number of hydrogen-bond donors (Lipinski definition) is 2. The van der Waals surface area contributed by atoms with Crippen LogP contribution >= 0.6 is 0 Å². The minimum Gasteiger partial charge on any atom is -0.387 e. The molecule has 0 amide bonds. The first kappa shape index (κ1) is 21.6. The fraction of sp³-hybridized carbons (Fsp3) is 0.846. The topological polar surface area (TPSA) is 75.2 Å². The predicted molar refractivity (Wildman–Crippen MR) is 119 cm³/mol. The van der Waals surface area contributed by atoms with Gasteiger partial charge in [-0.3, -0.25) is 4.79 Å². The Labute approximate surface area is 186 Å². The molecule has 4 fully saturated rings. The molecular formula is C26H40N2O3. The fourth-order valence-electron chi connectivity index (χ4n) is 8.93. The molecule has 4 aliphatic rings. The van der Waals surface area contributed by atoms with Gasteiger partial charge in [-0.05, 0) is 92.3 Å². The van der Waals surface area contributed by atoms with Crippen molar-refractivity contribution < 1.29 is 14.6 Å². The van der Waals surface area contributed by atoms with Gasteiger partial charge in [-0.1, -0.05) is 13.8 Å². The number of ketones is 1. The Morgan fingerprint density at radius 3 is 2.68 bits per heavy atom. The third-order valence-corrected chi connectivity index (χ3v) is 10.5. The first-order valence-corrected chi connectivity index (χ1v) is 12.5. The molecule has 172 valence electrons. The molecule has 5 heteroatoms. The highest BCUT2D eigenvalue weighted by atomic mass is 16.5. The van der Waals surface area contributed by atoms with Crippen molar-refractivity contribution in [2.24, 2.45) is 40.4 Å². The Morgan fingerprint density at radius 2 is 1.94 bits per heavy atom. The highest BCUT2D eigenvalue weighted by Gasteiger charge is 2.62. The molecule has 0 radical (unpaired) electrons. The number of carbonyl (C=O) groups is 1. The minimum absolute atomic E-state index is 0.152. The van der Waals surface area contributed by atoms with Crippen LogP contribution in [0.15, 0.2) is 12.4 Å². The summed E-state index contributed by atoms with van der Waals surface area (Å²) in [5.74, 6) is 4.15. The molecule has 0 spiro atoms. The predicted octanol–water partition coefficient (Wildman–Crippen LogP) is 4.56. The van der Waals surface area contributed by atoms with Crippen molar-refractivity contribution in [3.05, 3.63) is 18.2 Å². The van der Waals surface area contributed by atoms with E-state index in [1.54, 1.807) is 13.3 Å². The van der Waals surface area contributed by atoms with Crippen molar-refractivity contribution in [2.45, 2.75) is 83.7 Å². The van der Waals surface area contributed by atoms with Gasteiger partial charge in [0.2, 0.25) is 0 Å². The Hall–Kier alpha value is -1.20. The van der Waals surface area contributed by atoms with Crippen molar-refractivity contribution in [3.8, 4) is 0 Å². The third-order valence-electron chi connectivity index (χ3n) is 10.5. The Kier molecular flexibility index (Phi) is 5.37. The molecule has 8 atom stereocenters. The average molecular weight is 429 g/mol. The summed E-state index contributed by atoms with van der Waals surface area (Å²) in [6.07, 6.45) is 14.1. The molecule has 31 heavy (non-hydrogen) atoms. The van der Waals surface area contributed by atoms with Gasteiger partial charge in [-0.25, -0.2) is 4.98 Å². The zero-order valence-electron chi connectivity index (χ0n) is 19.5. The number of nitrogens with one attached hydrogen (secondary N) is 1. The largest absolute Gasteiger partial charge is 0.387 e. The number of imidazole rings is 1. The molecule has 0 unspecified atom stereocenters. The molecule has 1 aromatic rings. The van der Waals surface area contributed by atoms with E-state index in [1.807, 2.05) is 6.20 Å². The number of aliphatic hydroxyl groups is 1. The van der Waals surface area contributed by atoms with Gasteiger partial charge in [0.25, 0.3) is 0 Å². The average Bonchev–Trinajstić information content (AvgIpc) is 3.35. The molecule has 0 bridgehead atoms. The smallest absolute Gasteiger partial charge is 0.144 e. The maximum atomic E-state index is 13.3. The monoisotopic (exact) mass is 428 g/mol. The lowest BCUT2D eigenvalue weighted by Crippen LogP contribution is -2.56. The van der Waals surface area contributed by atoms with E-state index in [0.29, 0.717) is 36.1 Å². The molecule has 1 aromatic heterocycles. The first-order valence-electron chi connectivity index (χ1n) is 12.5. The molecule has 4 saturated carbocycles. The second-order valence-corrected chi connectivity index (χ2v) is 11.9. The molecule has 2 N–H and O–H groups in total. The van der Waals surface area contributed by atoms with Crippen molar-refractivity contribution >= 4 is 5.78 Å². The van der Waals surface area contributed by atoms with Crippen LogP contribution in [-0.2, 0) is 16.0 Å². The zero-order valence-corrected chi connectivity index (χ0v) is 19.5. The lowest BCUT2D eigenvalue weighted by molar-refractivity contribution is -0.164. The Morgan fingerprint density at radius 1 is 1.13 bits per heavy atom. The molecule has 5 nitrogen and oxygen atoms in total. The summed E-state index contributed by atoms with van der Waals surface area (Å²) in [5, 5.41) is 11.0. The number of hydrogen-bond acceptors (Lipinski definition) is 4. The van der Waals surface area contributed by atoms with E-state index < -0.39 is 5.60 Å². The number of rotatable bonds is 5. The quantitative estimate of drug-likeness (QED) is 0.721. The Balaban J connectivity index is 1.33. The van der Waals surface area contributed by atoms with Crippen LogP contribution in [0.3, 0.4) is 0 Å². The van der Waals surface area contributed by atoms with E-state index in [0.717, 1.165) is 43.3 Å². The zero-order chi connectivity index (χ0) is 21.9. The lowest BCUT2D eigenvalue weighted by Gasteiger charge is -2.62. The molecule has 4 aliphatic carbocycles. The van der Waals surface area contributed by atoms with Crippen LogP contribution in [0.25, 0.3) is 0 Å². The van der Waals surface area contributed by atoms with Crippen LogP contribution in [0.5, 0.6) is 0 Å². The molecule has 0 saturated heterocycles. The molecule has 0 aliphatic heterocycles. The van der Waals surface area contributed by atoms with Gasteiger partial charge in [0.1, 0.15) is 11.6 Å². The summed E-state index contributed by atoms with van der Waals surface area (Å²) < 4.78 is 5.36. The van der Waals surface area contributed by atoms with E-state index in [4.69, 9.17) is 4.74 Å². The second kappa shape index (κ2) is 7.69. The van der Waals surface area contributed by atoms with Crippen molar-refractivity contribution in [2.75, 3.05) is 13.7 Å². The van der Waals surface area contributed by atoms with E-state index in [-0.39, 0.29) is 11.3 Å². The standard InChI is InChI=1S/C26H40N2O3/c1-24-10-11-26(30,16-31-3)15-17(24)4-5-18-19-6-7-21(25(19,2)9-8-20(18)24)22(29)14-23-27-12-13-28-23/h12-13,17-21,30H,4-11,14-16H2,1-3H3,(H,27,28)/t17-,18-,19-,20-,21+,24-,25-,26+/m0/s1. The summed E-state index contributed by atoms with van der Waals surface area (Å²) in [6.45, 7) is 5.42. The van der Waals surface area contributed by atoms with Crippen LogP contribution in [0.2, 0.25) is 0 Å². The summed E-state index contributed by atoms with van der Waals surface area (Å²) in [5.41, 5.74) is -0.147. The minimum atomic E-state index is -0.633. The molecule has 0 aromatic carbocycles. The van der Waals surface area contributed by atoms with E-state index in [1.165, 1.54) is 32.1 Å². The van der Waals surface area contributed by atoms with Gasteiger partial charge in [-0.15, -0.1) is 0 Å². The normalized spacial score (nSPS) is 46.8. The number of nitrogens with zero attached hydrogens (tertiary/aromatic N) is 1. The van der Waals surface area contributed by atoms with Crippen LogP contribution < -0.4 is 0 Å². The number of H-pyrrole nitrogens is 1. The summed E-state index contributed by atoms with van der Waals surface area (Å²) in [7, 11) is 1.70. The fourth-order valence-corrected chi connectivity index (χ4v) is 8.93. The number of Topliss-reactive ketones (excluding diaryl/α,β-unsaturated/α-hetero) is 1. The summed E-state index contributed by atoms with van der Waals surface area (Å²) in [4.78, 5) is 20.7. The van der Waals surface area contributed by atoms with E-state index >= 15 is 0 Å². The number of methoxy groups -OCH3 is 1. The van der Waals surface area contributed by atoms with Crippen LogP contribution in [0, 0.1) is 40.4 Å².